The molecule has 0 fully saturated rings. The SMILES string of the molecule is O=C(O)c1ccc2ccccc2c1.[SnH4]. The van der Waals surface area contributed by atoms with Crippen LogP contribution in [0.2, 0.25) is 0 Å². The van der Waals surface area contributed by atoms with Crippen molar-refractivity contribution in [1.29, 1.82) is 0 Å². The van der Waals surface area contributed by atoms with E-state index in [-0.39, 0.29) is 23.9 Å². The molecule has 0 radical (unpaired) electrons. The van der Waals surface area contributed by atoms with Crippen molar-refractivity contribution in [3.63, 3.8) is 0 Å². The van der Waals surface area contributed by atoms with Crippen LogP contribution in [0.1, 0.15) is 10.4 Å². The van der Waals surface area contributed by atoms with Crippen molar-refractivity contribution in [1.82, 2.24) is 0 Å². The number of fused-ring (bicyclic) bond motifs is 1. The van der Waals surface area contributed by atoms with Crippen molar-refractivity contribution in [3.8, 4) is 0 Å². The topological polar surface area (TPSA) is 37.3 Å². The van der Waals surface area contributed by atoms with Crippen LogP contribution >= 0.6 is 0 Å². The number of carboxylic acids is 1. The molecule has 2 aromatic carbocycles. The van der Waals surface area contributed by atoms with Crippen LogP contribution in [0, 0.1) is 0 Å². The van der Waals surface area contributed by atoms with E-state index in [4.69, 9.17) is 5.11 Å². The van der Waals surface area contributed by atoms with E-state index >= 15 is 0 Å². The summed E-state index contributed by atoms with van der Waals surface area (Å²) >= 11 is 0. The number of hydrogen-bond donors (Lipinski definition) is 1. The monoisotopic (exact) mass is 296 g/mol. The average Bonchev–Trinajstić information content (AvgIpc) is 2.17. The maximum absolute atomic E-state index is 10.6. The molecule has 0 aliphatic heterocycles. The number of benzene rings is 2. The van der Waals surface area contributed by atoms with Crippen LogP contribution in [0.5, 0.6) is 0 Å². The van der Waals surface area contributed by atoms with E-state index in [1.807, 2.05) is 30.3 Å². The zero-order valence-corrected chi connectivity index (χ0v) is 6.90. The Morgan fingerprint density at radius 2 is 1.64 bits per heavy atom. The second kappa shape index (κ2) is 4.46. The van der Waals surface area contributed by atoms with Crippen LogP contribution in [0.15, 0.2) is 42.5 Å². The summed E-state index contributed by atoms with van der Waals surface area (Å²) in [4.78, 5) is 10.6. The molecule has 0 heterocycles. The fraction of sp³-hybridized carbons (Fsp3) is 0. The first kappa shape index (κ1) is 11.0. The Balaban J connectivity index is 0.000000980. The minimum absolute atomic E-state index is 0. The van der Waals surface area contributed by atoms with Gasteiger partial charge in [0.1, 0.15) is 0 Å². The van der Waals surface area contributed by atoms with Gasteiger partial charge in [-0.05, 0) is 22.9 Å². The van der Waals surface area contributed by atoms with Crippen molar-refractivity contribution in [2.24, 2.45) is 0 Å². The molecule has 2 aromatic rings. The molecule has 0 amide bonds. The predicted octanol–water partition coefficient (Wildman–Crippen LogP) is 1.09. The van der Waals surface area contributed by atoms with Crippen LogP contribution < -0.4 is 0 Å². The van der Waals surface area contributed by atoms with E-state index in [9.17, 15) is 4.79 Å². The standard InChI is InChI=1S/C11H8O2.Sn.4H/c12-11(13)10-6-5-8-3-1-2-4-9(8)7-10;;;;;/h1-7H,(H,12,13);;;;;. The van der Waals surface area contributed by atoms with Crippen molar-refractivity contribution in [2.45, 2.75) is 0 Å². The van der Waals surface area contributed by atoms with Gasteiger partial charge in [-0.2, -0.15) is 0 Å². The van der Waals surface area contributed by atoms with E-state index in [2.05, 4.69) is 0 Å². The molecular formula is C11H12O2Sn. The summed E-state index contributed by atoms with van der Waals surface area (Å²) in [7, 11) is 0. The molecule has 0 bridgehead atoms. The van der Waals surface area contributed by atoms with Crippen LogP contribution in [-0.4, -0.2) is 35.0 Å². The summed E-state index contributed by atoms with van der Waals surface area (Å²) in [5.41, 5.74) is 0.332. The molecule has 0 aliphatic carbocycles. The van der Waals surface area contributed by atoms with Gasteiger partial charge in [0.05, 0.1) is 5.56 Å². The zero-order chi connectivity index (χ0) is 9.26. The van der Waals surface area contributed by atoms with E-state index in [0.29, 0.717) is 5.56 Å². The van der Waals surface area contributed by atoms with Gasteiger partial charge in [0, 0.05) is 0 Å². The third-order valence-corrected chi connectivity index (χ3v) is 2.00. The van der Waals surface area contributed by atoms with E-state index in [1.54, 1.807) is 12.1 Å². The first-order valence-electron chi connectivity index (χ1n) is 3.99. The van der Waals surface area contributed by atoms with E-state index in [1.165, 1.54) is 0 Å². The summed E-state index contributed by atoms with van der Waals surface area (Å²) in [6, 6.07) is 12.8. The molecule has 0 atom stereocenters. The van der Waals surface area contributed by atoms with Gasteiger partial charge in [-0.1, -0.05) is 30.3 Å². The summed E-state index contributed by atoms with van der Waals surface area (Å²) in [6.45, 7) is 0. The molecule has 0 saturated carbocycles. The van der Waals surface area contributed by atoms with Gasteiger partial charge in [0.15, 0.2) is 0 Å². The van der Waals surface area contributed by atoms with Crippen LogP contribution in [0.3, 0.4) is 0 Å². The molecule has 2 rings (SSSR count). The van der Waals surface area contributed by atoms with Crippen LogP contribution in [0.4, 0.5) is 0 Å². The van der Waals surface area contributed by atoms with Crippen molar-refractivity contribution in [2.75, 3.05) is 0 Å². The fourth-order valence-electron chi connectivity index (χ4n) is 1.32. The summed E-state index contributed by atoms with van der Waals surface area (Å²) in [6.07, 6.45) is 0. The minimum atomic E-state index is -0.884. The summed E-state index contributed by atoms with van der Waals surface area (Å²) in [5.74, 6) is -0.884. The van der Waals surface area contributed by atoms with E-state index in [0.717, 1.165) is 10.8 Å². The molecule has 0 saturated heterocycles. The molecule has 0 aliphatic rings. The number of hydrogen-bond acceptors (Lipinski definition) is 1. The van der Waals surface area contributed by atoms with Gasteiger partial charge in [0.2, 0.25) is 0 Å². The van der Waals surface area contributed by atoms with Gasteiger partial charge >= 0.3 is 29.9 Å². The van der Waals surface area contributed by atoms with Crippen molar-refractivity contribution >= 4 is 40.6 Å². The third kappa shape index (κ3) is 2.07. The molecule has 72 valence electrons. The Morgan fingerprint density at radius 1 is 1.00 bits per heavy atom. The summed E-state index contributed by atoms with van der Waals surface area (Å²) < 4.78 is 0. The molecule has 3 heteroatoms. The molecule has 14 heavy (non-hydrogen) atoms. The van der Waals surface area contributed by atoms with Gasteiger partial charge < -0.3 is 5.11 Å². The maximum atomic E-state index is 10.6. The zero-order valence-electron chi connectivity index (χ0n) is 6.90. The average molecular weight is 295 g/mol. The Morgan fingerprint density at radius 3 is 2.29 bits per heavy atom. The molecule has 0 spiro atoms. The van der Waals surface area contributed by atoms with Gasteiger partial charge in [-0.3, -0.25) is 0 Å². The normalized spacial score (nSPS) is 9.43. The fourth-order valence-corrected chi connectivity index (χ4v) is 1.32. The van der Waals surface area contributed by atoms with Crippen molar-refractivity contribution < 1.29 is 9.90 Å². The van der Waals surface area contributed by atoms with Gasteiger partial charge in [-0.25, -0.2) is 4.79 Å². The number of carboxylic acid groups (broad SMARTS) is 1. The second-order valence-electron chi connectivity index (χ2n) is 2.87. The first-order valence-corrected chi connectivity index (χ1v) is 3.99. The molecule has 1 N–H and O–H groups in total. The third-order valence-electron chi connectivity index (χ3n) is 2.00. The van der Waals surface area contributed by atoms with Crippen LogP contribution in [-0.2, 0) is 0 Å². The molecule has 0 aromatic heterocycles. The second-order valence-corrected chi connectivity index (χ2v) is 2.87. The number of rotatable bonds is 1. The number of aromatic carboxylic acids is 1. The van der Waals surface area contributed by atoms with Gasteiger partial charge in [0.25, 0.3) is 0 Å². The molecule has 2 nitrogen and oxygen atoms in total. The Hall–Kier alpha value is -1.03. The van der Waals surface area contributed by atoms with E-state index < -0.39 is 5.97 Å². The Bertz CT molecular complexity index is 466. The van der Waals surface area contributed by atoms with Crippen molar-refractivity contribution in [3.05, 3.63) is 48.0 Å². The predicted molar refractivity (Wildman–Crippen MR) is 62.2 cm³/mol. The quantitative estimate of drug-likeness (QED) is 0.800. The first-order chi connectivity index (χ1) is 6.27. The Labute approximate surface area is 98.5 Å². The molecular weight excluding hydrogens is 283 g/mol. The Kier molecular flexibility index (Phi) is 3.52. The number of carbonyl (C=O) groups is 1. The van der Waals surface area contributed by atoms with Gasteiger partial charge in [-0.15, -0.1) is 0 Å². The van der Waals surface area contributed by atoms with Crippen LogP contribution in [0.25, 0.3) is 10.8 Å². The summed E-state index contributed by atoms with van der Waals surface area (Å²) in [5, 5.41) is 10.8. The molecule has 0 unspecified atom stereocenters.